The van der Waals surface area contributed by atoms with E-state index in [1.54, 1.807) is 17.8 Å². The molecule has 152 valence electrons. The van der Waals surface area contributed by atoms with Crippen LogP contribution >= 0.6 is 0 Å². The van der Waals surface area contributed by atoms with Crippen LogP contribution in [0.1, 0.15) is 46.1 Å². The number of aromatic nitrogens is 5. The van der Waals surface area contributed by atoms with Gasteiger partial charge in [0.15, 0.2) is 11.2 Å². The molecular formula is C21H27N7O. The van der Waals surface area contributed by atoms with E-state index >= 15 is 0 Å². The average molecular weight is 393 g/mol. The lowest BCUT2D eigenvalue weighted by atomic mass is 9.87. The summed E-state index contributed by atoms with van der Waals surface area (Å²) in [5.74, 6) is 0.636. The van der Waals surface area contributed by atoms with E-state index in [4.69, 9.17) is 0 Å². The van der Waals surface area contributed by atoms with E-state index < -0.39 is 0 Å². The first-order valence-electron chi connectivity index (χ1n) is 10.0. The maximum absolute atomic E-state index is 11.7. The molecule has 29 heavy (non-hydrogen) atoms. The fourth-order valence-corrected chi connectivity index (χ4v) is 3.64. The van der Waals surface area contributed by atoms with Crippen molar-refractivity contribution in [3.05, 3.63) is 36.0 Å². The summed E-state index contributed by atoms with van der Waals surface area (Å²) in [5, 5.41) is 11.8. The van der Waals surface area contributed by atoms with Crippen molar-refractivity contribution in [2.75, 3.05) is 18.4 Å². The number of hydrogen-bond donors (Lipinski definition) is 1. The minimum atomic E-state index is 0.0932. The number of amides is 1. The molecule has 1 aromatic carbocycles. The van der Waals surface area contributed by atoms with Crippen molar-refractivity contribution in [2.24, 2.45) is 0 Å². The van der Waals surface area contributed by atoms with Crippen LogP contribution in [0, 0.1) is 0 Å². The van der Waals surface area contributed by atoms with Gasteiger partial charge in [0.25, 0.3) is 0 Å². The van der Waals surface area contributed by atoms with Crippen LogP contribution in [0.2, 0.25) is 0 Å². The summed E-state index contributed by atoms with van der Waals surface area (Å²) < 4.78 is 1.73. The minimum Gasteiger partial charge on any atom is -0.350 e. The molecule has 1 amide bonds. The smallest absolute Gasteiger partial charge is 0.225 e. The van der Waals surface area contributed by atoms with Crippen molar-refractivity contribution in [1.29, 1.82) is 0 Å². The molecule has 3 aromatic rings. The third kappa shape index (κ3) is 4.06. The molecular weight excluding hydrogens is 366 g/mol. The van der Waals surface area contributed by atoms with E-state index in [0.29, 0.717) is 23.7 Å². The van der Waals surface area contributed by atoms with Gasteiger partial charge in [-0.2, -0.15) is 9.67 Å². The zero-order valence-electron chi connectivity index (χ0n) is 17.4. The number of likely N-dealkylation sites (tertiary alicyclic amines) is 1. The lowest BCUT2D eigenvalue weighted by Crippen LogP contribution is -2.44. The zero-order valence-corrected chi connectivity index (χ0v) is 17.4. The Kier molecular flexibility index (Phi) is 4.94. The second kappa shape index (κ2) is 7.42. The summed E-state index contributed by atoms with van der Waals surface area (Å²) in [7, 11) is 0. The van der Waals surface area contributed by atoms with Gasteiger partial charge in [0.05, 0.1) is 11.9 Å². The molecule has 1 N–H and O–H groups in total. The van der Waals surface area contributed by atoms with Crippen LogP contribution in [0.25, 0.3) is 16.9 Å². The largest absolute Gasteiger partial charge is 0.350 e. The number of benzene rings is 1. The van der Waals surface area contributed by atoms with Crippen molar-refractivity contribution in [2.45, 2.75) is 52.0 Å². The van der Waals surface area contributed by atoms with Gasteiger partial charge in [-0.3, -0.25) is 4.79 Å². The maximum atomic E-state index is 11.7. The van der Waals surface area contributed by atoms with Gasteiger partial charge in [0.2, 0.25) is 11.9 Å². The molecule has 0 radical (unpaired) electrons. The van der Waals surface area contributed by atoms with Crippen molar-refractivity contribution in [3.63, 3.8) is 0 Å². The molecule has 3 heterocycles. The molecule has 1 aliphatic heterocycles. The number of nitrogens with one attached hydrogen (secondary N) is 1. The highest BCUT2D eigenvalue weighted by Gasteiger charge is 2.22. The monoisotopic (exact) mass is 393 g/mol. The van der Waals surface area contributed by atoms with Crippen LogP contribution in [-0.2, 0) is 10.2 Å². The lowest BCUT2D eigenvalue weighted by molar-refractivity contribution is -0.129. The van der Waals surface area contributed by atoms with Crippen LogP contribution in [-0.4, -0.2) is 54.9 Å². The summed E-state index contributed by atoms with van der Waals surface area (Å²) in [6.07, 6.45) is 3.64. The van der Waals surface area contributed by atoms with Crippen molar-refractivity contribution in [1.82, 2.24) is 29.9 Å². The van der Waals surface area contributed by atoms with Gasteiger partial charge < -0.3 is 10.2 Å². The number of fused-ring (bicyclic) bond motifs is 1. The highest BCUT2D eigenvalue weighted by Crippen LogP contribution is 2.24. The van der Waals surface area contributed by atoms with Crippen molar-refractivity contribution >= 4 is 23.0 Å². The Bertz CT molecular complexity index is 1020. The van der Waals surface area contributed by atoms with Crippen LogP contribution in [0.15, 0.2) is 30.5 Å². The molecule has 1 aliphatic rings. The highest BCUT2D eigenvalue weighted by atomic mass is 16.2. The summed E-state index contributed by atoms with van der Waals surface area (Å²) in [5.41, 5.74) is 3.56. The standard InChI is InChI=1S/C21H27N7O/c1-14(29)27-11-5-6-16(13-27)23-20-22-12-18-19(24-20)28(26-25-18)17-9-7-15(8-10-17)21(2,3)4/h7-10,12,16H,5-6,11,13H2,1-4H3,(H,22,23,24). The van der Waals surface area contributed by atoms with E-state index in [-0.39, 0.29) is 17.4 Å². The topological polar surface area (TPSA) is 88.8 Å². The SMILES string of the molecule is CC(=O)N1CCCC(Nc2ncc3nnn(-c4ccc(C(C)(C)C)cc4)c3n2)C1. The molecule has 0 saturated carbocycles. The number of piperidine rings is 1. The predicted molar refractivity (Wildman–Crippen MR) is 112 cm³/mol. The number of anilines is 1. The molecule has 0 spiro atoms. The number of carbonyl (C=O) groups is 1. The van der Waals surface area contributed by atoms with E-state index in [1.807, 2.05) is 17.0 Å². The van der Waals surface area contributed by atoms with E-state index in [2.05, 4.69) is 58.5 Å². The fourth-order valence-electron chi connectivity index (χ4n) is 3.64. The first kappa shape index (κ1) is 19.3. The number of hydrogen-bond acceptors (Lipinski definition) is 6. The molecule has 0 aliphatic carbocycles. The lowest BCUT2D eigenvalue weighted by Gasteiger charge is -2.32. The first-order chi connectivity index (χ1) is 13.8. The Morgan fingerprint density at radius 1 is 1.21 bits per heavy atom. The van der Waals surface area contributed by atoms with Crippen LogP contribution in [0.5, 0.6) is 0 Å². The molecule has 1 unspecified atom stereocenters. The second-order valence-electron chi connectivity index (χ2n) is 8.65. The molecule has 2 aromatic heterocycles. The van der Waals surface area contributed by atoms with Gasteiger partial charge in [-0.05, 0) is 36.0 Å². The summed E-state index contributed by atoms with van der Waals surface area (Å²) in [4.78, 5) is 22.6. The molecule has 1 fully saturated rings. The normalized spacial score (nSPS) is 17.5. The van der Waals surface area contributed by atoms with E-state index in [1.165, 1.54) is 5.56 Å². The van der Waals surface area contributed by atoms with Crippen LogP contribution < -0.4 is 5.32 Å². The Morgan fingerprint density at radius 2 is 1.97 bits per heavy atom. The number of rotatable bonds is 3. The average Bonchev–Trinajstić information content (AvgIpc) is 3.11. The molecule has 4 rings (SSSR count). The number of nitrogens with zero attached hydrogens (tertiary/aromatic N) is 6. The molecule has 1 atom stereocenters. The van der Waals surface area contributed by atoms with Crippen LogP contribution in [0.4, 0.5) is 5.95 Å². The van der Waals surface area contributed by atoms with Gasteiger partial charge in [-0.1, -0.05) is 38.1 Å². The molecule has 1 saturated heterocycles. The third-order valence-corrected chi connectivity index (χ3v) is 5.37. The predicted octanol–water partition coefficient (Wildman–Crippen LogP) is 2.93. The summed E-state index contributed by atoms with van der Waals surface area (Å²) in [6, 6.07) is 8.44. The maximum Gasteiger partial charge on any atom is 0.225 e. The van der Waals surface area contributed by atoms with Gasteiger partial charge >= 0.3 is 0 Å². The summed E-state index contributed by atoms with van der Waals surface area (Å²) in [6.45, 7) is 9.67. The quantitative estimate of drug-likeness (QED) is 0.736. The van der Waals surface area contributed by atoms with Gasteiger partial charge in [-0.25, -0.2) is 4.98 Å². The molecule has 8 nitrogen and oxygen atoms in total. The second-order valence-corrected chi connectivity index (χ2v) is 8.65. The zero-order chi connectivity index (χ0) is 20.6. The van der Waals surface area contributed by atoms with Gasteiger partial charge in [0, 0.05) is 26.1 Å². The first-order valence-corrected chi connectivity index (χ1v) is 10.0. The Hall–Kier alpha value is -3.03. The summed E-state index contributed by atoms with van der Waals surface area (Å²) >= 11 is 0. The highest BCUT2D eigenvalue weighted by molar-refractivity contribution is 5.73. The number of carbonyl (C=O) groups excluding carboxylic acids is 1. The third-order valence-electron chi connectivity index (χ3n) is 5.37. The van der Waals surface area contributed by atoms with Crippen molar-refractivity contribution in [3.8, 4) is 5.69 Å². The Balaban J connectivity index is 1.59. The fraction of sp³-hybridized carbons (Fsp3) is 0.476. The van der Waals surface area contributed by atoms with Crippen LogP contribution in [0.3, 0.4) is 0 Å². The minimum absolute atomic E-state index is 0.0932. The molecule has 8 heteroatoms. The Morgan fingerprint density at radius 3 is 2.66 bits per heavy atom. The molecule has 0 bridgehead atoms. The van der Waals surface area contributed by atoms with Crippen molar-refractivity contribution < 1.29 is 4.79 Å². The van der Waals surface area contributed by atoms with Gasteiger partial charge in [-0.15, -0.1) is 5.10 Å². The Labute approximate surface area is 170 Å². The van der Waals surface area contributed by atoms with E-state index in [0.717, 1.165) is 25.1 Å². The van der Waals surface area contributed by atoms with E-state index in [9.17, 15) is 4.79 Å². The van der Waals surface area contributed by atoms with Gasteiger partial charge in [0.1, 0.15) is 0 Å².